The number of hydrogen-bond acceptors (Lipinski definition) is 5. The first-order chi connectivity index (χ1) is 8.35. The van der Waals surface area contributed by atoms with Crippen molar-refractivity contribution in [2.45, 2.75) is 6.54 Å². The minimum atomic E-state index is 0.293. The molecule has 17 heavy (non-hydrogen) atoms. The molecule has 3 rings (SSSR count). The second-order valence-corrected chi connectivity index (χ2v) is 3.53. The second-order valence-electron chi connectivity index (χ2n) is 3.53. The van der Waals surface area contributed by atoms with Crippen LogP contribution in [0.4, 0.5) is 0 Å². The number of oxazole rings is 1. The highest BCUT2D eigenvalue weighted by atomic mass is 16.3. The molecule has 0 saturated carbocycles. The average molecular weight is 228 g/mol. The van der Waals surface area contributed by atoms with Crippen LogP contribution in [0.25, 0.3) is 11.1 Å². The predicted octanol–water partition coefficient (Wildman–Crippen LogP) is 1.28. The Balaban J connectivity index is 1.91. The van der Waals surface area contributed by atoms with Crippen LogP contribution in [0.5, 0.6) is 0 Å². The normalized spacial score (nSPS) is 10.8. The molecule has 6 nitrogen and oxygen atoms in total. The Morgan fingerprint density at radius 3 is 3.00 bits per heavy atom. The highest BCUT2D eigenvalue weighted by Crippen LogP contribution is 2.14. The molecule has 0 saturated heterocycles. The van der Waals surface area contributed by atoms with Crippen LogP contribution >= 0.6 is 0 Å². The number of fused-ring (bicyclic) bond motifs is 1. The fourth-order valence-corrected chi connectivity index (χ4v) is 1.57. The van der Waals surface area contributed by atoms with E-state index >= 15 is 0 Å². The fraction of sp³-hybridized carbons (Fsp3) is 0.0909. The van der Waals surface area contributed by atoms with E-state index in [1.807, 2.05) is 24.3 Å². The van der Waals surface area contributed by atoms with E-state index < -0.39 is 0 Å². The molecule has 0 radical (unpaired) electrons. The summed E-state index contributed by atoms with van der Waals surface area (Å²) >= 11 is 0. The maximum atomic E-state index is 10.5. The van der Waals surface area contributed by atoms with E-state index in [9.17, 15) is 4.79 Å². The summed E-state index contributed by atoms with van der Waals surface area (Å²) in [6.45, 7) is 0.357. The molecule has 0 unspecified atom stereocenters. The van der Waals surface area contributed by atoms with Crippen LogP contribution in [0, 0.1) is 0 Å². The van der Waals surface area contributed by atoms with Gasteiger partial charge in [-0.1, -0.05) is 17.3 Å². The summed E-state index contributed by atoms with van der Waals surface area (Å²) in [5.74, 6) is 0.536. The van der Waals surface area contributed by atoms with Gasteiger partial charge in [0.2, 0.25) is 5.89 Å². The molecule has 0 aliphatic rings. The fourth-order valence-electron chi connectivity index (χ4n) is 1.57. The monoisotopic (exact) mass is 228 g/mol. The third kappa shape index (κ3) is 1.80. The SMILES string of the molecule is O=Cc1cn(Cc2nc3ccccc3o2)nn1. The summed E-state index contributed by atoms with van der Waals surface area (Å²) in [7, 11) is 0. The van der Waals surface area contributed by atoms with Crippen molar-refractivity contribution in [2.24, 2.45) is 0 Å². The van der Waals surface area contributed by atoms with E-state index in [0.717, 1.165) is 11.1 Å². The molecular weight excluding hydrogens is 220 g/mol. The van der Waals surface area contributed by atoms with Crippen LogP contribution in [0.1, 0.15) is 16.4 Å². The van der Waals surface area contributed by atoms with Crippen molar-refractivity contribution in [1.82, 2.24) is 20.0 Å². The molecule has 2 aromatic heterocycles. The highest BCUT2D eigenvalue weighted by Gasteiger charge is 2.07. The number of aldehydes is 1. The van der Waals surface area contributed by atoms with Gasteiger partial charge in [0.15, 0.2) is 11.9 Å². The molecule has 0 aliphatic heterocycles. The Kier molecular flexibility index (Phi) is 2.18. The Hall–Kier alpha value is -2.50. The van der Waals surface area contributed by atoms with Crippen molar-refractivity contribution < 1.29 is 9.21 Å². The average Bonchev–Trinajstić information content (AvgIpc) is 2.94. The van der Waals surface area contributed by atoms with E-state index in [4.69, 9.17) is 4.42 Å². The standard InChI is InChI=1S/C11H8N4O2/c16-7-8-5-15(14-13-8)6-11-12-9-3-1-2-4-10(9)17-11/h1-5,7H,6H2. The summed E-state index contributed by atoms with van der Waals surface area (Å²) in [5.41, 5.74) is 1.83. The molecule has 0 aliphatic carbocycles. The topological polar surface area (TPSA) is 73.8 Å². The smallest absolute Gasteiger partial charge is 0.217 e. The number of aromatic nitrogens is 4. The Morgan fingerprint density at radius 2 is 2.24 bits per heavy atom. The van der Waals surface area contributed by atoms with Crippen LogP contribution in [-0.4, -0.2) is 26.3 Å². The number of carbonyl (C=O) groups is 1. The molecule has 0 amide bonds. The van der Waals surface area contributed by atoms with Crippen molar-refractivity contribution in [3.8, 4) is 0 Å². The predicted molar refractivity (Wildman–Crippen MR) is 58.5 cm³/mol. The van der Waals surface area contributed by atoms with Gasteiger partial charge in [-0.15, -0.1) is 5.10 Å². The minimum Gasteiger partial charge on any atom is -0.439 e. The first-order valence-corrected chi connectivity index (χ1v) is 5.05. The second kappa shape index (κ2) is 3.82. The molecule has 0 bridgehead atoms. The Morgan fingerprint density at radius 1 is 1.35 bits per heavy atom. The summed E-state index contributed by atoms with van der Waals surface area (Å²) in [4.78, 5) is 14.8. The molecule has 0 N–H and O–H groups in total. The van der Waals surface area contributed by atoms with Crippen molar-refractivity contribution in [2.75, 3.05) is 0 Å². The summed E-state index contributed by atoms with van der Waals surface area (Å²) in [6.07, 6.45) is 2.19. The quantitative estimate of drug-likeness (QED) is 0.631. The van der Waals surface area contributed by atoms with Gasteiger partial charge in [-0.05, 0) is 12.1 Å². The third-order valence-electron chi connectivity index (χ3n) is 2.31. The van der Waals surface area contributed by atoms with Crippen LogP contribution < -0.4 is 0 Å². The van der Waals surface area contributed by atoms with Crippen LogP contribution in [0.15, 0.2) is 34.9 Å². The van der Waals surface area contributed by atoms with E-state index in [1.165, 1.54) is 4.68 Å². The maximum Gasteiger partial charge on any atom is 0.217 e. The number of nitrogens with zero attached hydrogens (tertiary/aromatic N) is 4. The van der Waals surface area contributed by atoms with E-state index in [0.29, 0.717) is 24.4 Å². The number of para-hydroxylation sites is 2. The lowest BCUT2D eigenvalue weighted by molar-refractivity contribution is 0.111. The first-order valence-electron chi connectivity index (χ1n) is 5.05. The van der Waals surface area contributed by atoms with Gasteiger partial charge in [0.1, 0.15) is 17.8 Å². The van der Waals surface area contributed by atoms with Gasteiger partial charge < -0.3 is 4.42 Å². The highest BCUT2D eigenvalue weighted by molar-refractivity contribution is 5.72. The number of carbonyl (C=O) groups excluding carboxylic acids is 1. The minimum absolute atomic E-state index is 0.293. The van der Waals surface area contributed by atoms with E-state index in [1.54, 1.807) is 6.20 Å². The molecule has 2 heterocycles. The van der Waals surface area contributed by atoms with Crippen LogP contribution in [-0.2, 0) is 6.54 Å². The van der Waals surface area contributed by atoms with Crippen molar-refractivity contribution in [3.05, 3.63) is 42.0 Å². The zero-order valence-corrected chi connectivity index (χ0v) is 8.78. The van der Waals surface area contributed by atoms with Crippen LogP contribution in [0.2, 0.25) is 0 Å². The van der Waals surface area contributed by atoms with Gasteiger partial charge in [-0.2, -0.15) is 0 Å². The van der Waals surface area contributed by atoms with Gasteiger partial charge in [0.05, 0.1) is 6.20 Å². The molecule has 1 aromatic carbocycles. The molecule has 6 heteroatoms. The number of hydrogen-bond donors (Lipinski definition) is 0. The van der Waals surface area contributed by atoms with Crippen LogP contribution in [0.3, 0.4) is 0 Å². The summed E-state index contributed by atoms with van der Waals surface area (Å²) < 4.78 is 7.04. The first kappa shape index (κ1) is 9.71. The summed E-state index contributed by atoms with van der Waals surface area (Å²) in [5, 5.41) is 7.45. The van der Waals surface area contributed by atoms with Crippen molar-refractivity contribution in [1.29, 1.82) is 0 Å². The van der Waals surface area contributed by atoms with Crippen molar-refractivity contribution in [3.63, 3.8) is 0 Å². The van der Waals surface area contributed by atoms with Gasteiger partial charge >= 0.3 is 0 Å². The number of rotatable bonds is 3. The number of benzene rings is 1. The molecule has 0 spiro atoms. The largest absolute Gasteiger partial charge is 0.439 e. The molecule has 0 atom stereocenters. The zero-order valence-electron chi connectivity index (χ0n) is 8.78. The lowest BCUT2D eigenvalue weighted by Crippen LogP contribution is -2.00. The van der Waals surface area contributed by atoms with Gasteiger partial charge in [0.25, 0.3) is 0 Å². The van der Waals surface area contributed by atoms with Gasteiger partial charge in [-0.3, -0.25) is 4.79 Å². The molecule has 3 aromatic rings. The third-order valence-corrected chi connectivity index (χ3v) is 2.31. The Labute approximate surface area is 95.9 Å². The van der Waals surface area contributed by atoms with E-state index in [2.05, 4.69) is 15.3 Å². The van der Waals surface area contributed by atoms with Gasteiger partial charge in [0, 0.05) is 0 Å². The maximum absolute atomic E-state index is 10.5. The summed E-state index contributed by atoms with van der Waals surface area (Å²) in [6, 6.07) is 7.51. The van der Waals surface area contributed by atoms with Gasteiger partial charge in [-0.25, -0.2) is 9.67 Å². The van der Waals surface area contributed by atoms with Crippen molar-refractivity contribution >= 4 is 17.4 Å². The zero-order chi connectivity index (χ0) is 11.7. The molecular formula is C11H8N4O2. The lowest BCUT2D eigenvalue weighted by Gasteiger charge is -1.92. The molecule has 0 fully saturated rings. The van der Waals surface area contributed by atoms with E-state index in [-0.39, 0.29) is 0 Å². The molecule has 84 valence electrons. The lowest BCUT2D eigenvalue weighted by atomic mass is 10.3. The Bertz CT molecular complexity index is 638.